The molecule has 112 valence electrons. The first-order chi connectivity index (χ1) is 10.0. The maximum absolute atomic E-state index is 11.0. The van der Waals surface area contributed by atoms with Crippen molar-refractivity contribution >= 4 is 22.3 Å². The van der Waals surface area contributed by atoms with Crippen LogP contribution in [0.25, 0.3) is 10.6 Å². The summed E-state index contributed by atoms with van der Waals surface area (Å²) in [5.41, 5.74) is 6.13. The highest BCUT2D eigenvalue weighted by Gasteiger charge is 2.19. The van der Waals surface area contributed by atoms with Gasteiger partial charge >= 0.3 is 5.97 Å². The molecule has 1 aromatic heterocycles. The molecule has 0 bridgehead atoms. The molecule has 0 amide bonds. The molecule has 0 fully saturated rings. The van der Waals surface area contributed by atoms with E-state index in [1.165, 1.54) is 21.3 Å². The maximum atomic E-state index is 11.0. The van der Waals surface area contributed by atoms with Gasteiger partial charge in [0.1, 0.15) is 10.0 Å². The topological polar surface area (TPSA) is 104 Å². The van der Waals surface area contributed by atoms with Crippen molar-refractivity contribution in [2.24, 2.45) is 0 Å². The normalized spacial score (nSPS) is 10.2. The average molecular weight is 310 g/mol. The van der Waals surface area contributed by atoms with Crippen molar-refractivity contribution in [3.63, 3.8) is 0 Å². The Morgan fingerprint density at radius 2 is 1.76 bits per heavy atom. The summed E-state index contributed by atoms with van der Waals surface area (Å²) in [6.07, 6.45) is 0. The minimum Gasteiger partial charge on any atom is -0.493 e. The second-order valence-corrected chi connectivity index (χ2v) is 4.98. The molecule has 0 aliphatic carbocycles. The number of ether oxygens (including phenoxy) is 3. The molecule has 3 N–H and O–H groups in total. The Hall–Kier alpha value is -2.48. The number of aromatic carboxylic acids is 1. The average Bonchev–Trinajstić information content (AvgIpc) is 2.87. The smallest absolute Gasteiger partial charge is 0.357 e. The van der Waals surface area contributed by atoms with E-state index in [2.05, 4.69) is 4.98 Å². The van der Waals surface area contributed by atoms with E-state index in [1.54, 1.807) is 12.1 Å². The number of thiazole rings is 1. The van der Waals surface area contributed by atoms with Crippen LogP contribution in [0.3, 0.4) is 0 Å². The van der Waals surface area contributed by atoms with Gasteiger partial charge < -0.3 is 25.1 Å². The molecule has 0 unspecified atom stereocenters. The molecule has 0 aliphatic rings. The lowest BCUT2D eigenvalue weighted by molar-refractivity contribution is 0.0692. The van der Waals surface area contributed by atoms with Gasteiger partial charge in [-0.3, -0.25) is 0 Å². The van der Waals surface area contributed by atoms with Crippen molar-refractivity contribution in [2.75, 3.05) is 27.1 Å². The molecular formula is C13H14N2O5S. The number of benzene rings is 1. The molecule has 0 aliphatic heterocycles. The molecule has 0 atom stereocenters. The lowest BCUT2D eigenvalue weighted by Gasteiger charge is -2.13. The number of nitrogens with zero attached hydrogens (tertiary/aromatic N) is 1. The Bertz CT molecular complexity index is 658. The Labute approximate surface area is 124 Å². The zero-order chi connectivity index (χ0) is 15.6. The molecular weight excluding hydrogens is 296 g/mol. The molecule has 8 heteroatoms. The first-order valence-electron chi connectivity index (χ1n) is 5.81. The van der Waals surface area contributed by atoms with Gasteiger partial charge in [0.15, 0.2) is 17.2 Å². The SMILES string of the molecule is COc1cc(-c2nc(C(=O)O)c(N)s2)cc(OC)c1OC. The van der Waals surface area contributed by atoms with Gasteiger partial charge in [-0.1, -0.05) is 11.3 Å². The third-order valence-electron chi connectivity index (χ3n) is 2.77. The summed E-state index contributed by atoms with van der Waals surface area (Å²) in [6.45, 7) is 0. The maximum Gasteiger partial charge on any atom is 0.357 e. The predicted octanol–water partition coefficient (Wildman–Crippen LogP) is 2.12. The third kappa shape index (κ3) is 2.70. The number of carboxylic acids is 1. The van der Waals surface area contributed by atoms with Crippen LogP contribution in [0.4, 0.5) is 5.00 Å². The fourth-order valence-electron chi connectivity index (χ4n) is 1.81. The van der Waals surface area contributed by atoms with E-state index in [0.717, 1.165) is 11.3 Å². The number of nitrogen functional groups attached to an aromatic ring is 1. The van der Waals surface area contributed by atoms with Gasteiger partial charge in [0.05, 0.1) is 21.3 Å². The highest BCUT2D eigenvalue weighted by atomic mass is 32.1. The molecule has 0 saturated carbocycles. The Morgan fingerprint density at radius 3 is 2.14 bits per heavy atom. The minimum atomic E-state index is -1.16. The van der Waals surface area contributed by atoms with Crippen LogP contribution in [0.2, 0.25) is 0 Å². The van der Waals surface area contributed by atoms with Crippen molar-refractivity contribution in [1.29, 1.82) is 0 Å². The number of hydrogen-bond donors (Lipinski definition) is 2. The van der Waals surface area contributed by atoms with E-state index < -0.39 is 5.97 Å². The summed E-state index contributed by atoms with van der Waals surface area (Å²) < 4.78 is 15.7. The highest BCUT2D eigenvalue weighted by molar-refractivity contribution is 7.19. The van der Waals surface area contributed by atoms with E-state index in [9.17, 15) is 4.79 Å². The zero-order valence-corrected chi connectivity index (χ0v) is 12.5. The molecule has 2 rings (SSSR count). The van der Waals surface area contributed by atoms with Crippen molar-refractivity contribution in [2.45, 2.75) is 0 Å². The van der Waals surface area contributed by atoms with Gasteiger partial charge in [-0.05, 0) is 12.1 Å². The molecule has 0 spiro atoms. The second-order valence-electron chi connectivity index (χ2n) is 3.95. The highest BCUT2D eigenvalue weighted by Crippen LogP contribution is 2.42. The fraction of sp³-hybridized carbons (Fsp3) is 0.231. The number of nitrogens with two attached hydrogens (primary N) is 1. The van der Waals surface area contributed by atoms with Crippen molar-refractivity contribution in [3.8, 4) is 27.8 Å². The van der Waals surface area contributed by atoms with Crippen molar-refractivity contribution < 1.29 is 24.1 Å². The van der Waals surface area contributed by atoms with Crippen LogP contribution in [-0.4, -0.2) is 37.4 Å². The Balaban J connectivity index is 2.59. The standard InChI is InChI=1S/C13H14N2O5S/c1-18-7-4-6(5-8(19-2)10(7)20-3)12-15-9(13(16)17)11(14)21-12/h4-5H,14H2,1-3H3,(H,16,17). The van der Waals surface area contributed by atoms with Gasteiger partial charge in [0.25, 0.3) is 0 Å². The van der Waals surface area contributed by atoms with Gasteiger partial charge in [0.2, 0.25) is 5.75 Å². The summed E-state index contributed by atoms with van der Waals surface area (Å²) in [6, 6.07) is 3.37. The molecule has 7 nitrogen and oxygen atoms in total. The van der Waals surface area contributed by atoms with Crippen molar-refractivity contribution in [1.82, 2.24) is 4.98 Å². The molecule has 2 aromatic rings. The van der Waals surface area contributed by atoms with Crippen LogP contribution in [0, 0.1) is 0 Å². The van der Waals surface area contributed by atoms with Gasteiger partial charge in [-0.15, -0.1) is 0 Å². The number of anilines is 1. The molecule has 1 aromatic carbocycles. The number of rotatable bonds is 5. The van der Waals surface area contributed by atoms with Crippen molar-refractivity contribution in [3.05, 3.63) is 17.8 Å². The van der Waals surface area contributed by atoms with Gasteiger partial charge in [-0.25, -0.2) is 9.78 Å². The van der Waals surface area contributed by atoms with E-state index in [4.69, 9.17) is 25.1 Å². The molecule has 21 heavy (non-hydrogen) atoms. The molecule has 1 heterocycles. The first-order valence-corrected chi connectivity index (χ1v) is 6.63. The summed E-state index contributed by atoms with van der Waals surface area (Å²) in [5, 5.41) is 9.61. The Morgan fingerprint density at radius 1 is 1.19 bits per heavy atom. The first kappa shape index (κ1) is 14.9. The number of hydrogen-bond acceptors (Lipinski definition) is 7. The monoisotopic (exact) mass is 310 g/mol. The number of aromatic nitrogens is 1. The molecule has 0 radical (unpaired) electrons. The predicted molar refractivity (Wildman–Crippen MR) is 78.6 cm³/mol. The summed E-state index contributed by atoms with van der Waals surface area (Å²) >= 11 is 1.08. The lowest BCUT2D eigenvalue weighted by atomic mass is 10.2. The quantitative estimate of drug-likeness (QED) is 0.871. The van der Waals surface area contributed by atoms with Crippen LogP contribution >= 0.6 is 11.3 Å². The van der Waals surface area contributed by atoms with Crippen LogP contribution in [-0.2, 0) is 0 Å². The summed E-state index contributed by atoms with van der Waals surface area (Å²) in [7, 11) is 4.50. The van der Waals surface area contributed by atoms with Crippen LogP contribution in [0.1, 0.15) is 10.5 Å². The van der Waals surface area contributed by atoms with E-state index >= 15 is 0 Å². The van der Waals surface area contributed by atoms with E-state index in [0.29, 0.717) is 27.8 Å². The third-order valence-corrected chi connectivity index (χ3v) is 3.70. The van der Waals surface area contributed by atoms with Gasteiger partial charge in [0, 0.05) is 5.56 Å². The molecule has 0 saturated heterocycles. The van der Waals surface area contributed by atoms with E-state index in [-0.39, 0.29) is 10.7 Å². The number of carboxylic acid groups (broad SMARTS) is 1. The van der Waals surface area contributed by atoms with Crippen LogP contribution in [0.5, 0.6) is 17.2 Å². The fourth-order valence-corrected chi connectivity index (χ4v) is 2.62. The lowest BCUT2D eigenvalue weighted by Crippen LogP contribution is -2.00. The largest absolute Gasteiger partial charge is 0.493 e. The van der Waals surface area contributed by atoms with E-state index in [1.807, 2.05) is 0 Å². The van der Waals surface area contributed by atoms with Gasteiger partial charge in [-0.2, -0.15) is 0 Å². The van der Waals surface area contributed by atoms with Crippen LogP contribution in [0.15, 0.2) is 12.1 Å². The van der Waals surface area contributed by atoms with Crippen LogP contribution < -0.4 is 19.9 Å². The minimum absolute atomic E-state index is 0.145. The Kier molecular flexibility index (Phi) is 4.18. The number of carbonyl (C=O) groups is 1. The number of methoxy groups -OCH3 is 3. The summed E-state index contributed by atoms with van der Waals surface area (Å²) in [4.78, 5) is 15.0. The summed E-state index contributed by atoms with van der Waals surface area (Å²) in [5.74, 6) is 0.198. The second kappa shape index (κ2) is 5.88. The zero-order valence-electron chi connectivity index (χ0n) is 11.7.